The third-order valence-corrected chi connectivity index (χ3v) is 3.26. The molecule has 2 N–H and O–H groups in total. The SMILES string of the molecule is COC(=O)C(C)(O)CNCCC(C)SC. The molecule has 0 aromatic rings. The molecule has 2 unspecified atom stereocenters. The van der Waals surface area contributed by atoms with Crippen molar-refractivity contribution in [1.29, 1.82) is 0 Å². The van der Waals surface area contributed by atoms with Crippen molar-refractivity contribution in [3.8, 4) is 0 Å². The van der Waals surface area contributed by atoms with Crippen molar-refractivity contribution in [2.75, 3.05) is 26.5 Å². The fraction of sp³-hybridized carbons (Fsp3) is 0.900. The minimum Gasteiger partial charge on any atom is -0.467 e. The van der Waals surface area contributed by atoms with E-state index >= 15 is 0 Å². The van der Waals surface area contributed by atoms with Gasteiger partial charge in [0, 0.05) is 11.8 Å². The summed E-state index contributed by atoms with van der Waals surface area (Å²) in [4.78, 5) is 11.1. The number of ether oxygens (including phenoxy) is 1. The largest absolute Gasteiger partial charge is 0.467 e. The van der Waals surface area contributed by atoms with Gasteiger partial charge < -0.3 is 15.2 Å². The van der Waals surface area contributed by atoms with Crippen molar-refractivity contribution in [3.05, 3.63) is 0 Å². The van der Waals surface area contributed by atoms with Crippen LogP contribution in [-0.2, 0) is 9.53 Å². The first-order chi connectivity index (χ1) is 6.94. The van der Waals surface area contributed by atoms with Crippen molar-refractivity contribution in [1.82, 2.24) is 5.32 Å². The van der Waals surface area contributed by atoms with Crippen LogP contribution in [0.4, 0.5) is 0 Å². The number of thioether (sulfide) groups is 1. The van der Waals surface area contributed by atoms with E-state index in [0.717, 1.165) is 13.0 Å². The maximum Gasteiger partial charge on any atom is 0.338 e. The molecule has 0 rings (SSSR count). The third-order valence-electron chi connectivity index (χ3n) is 2.22. The average molecular weight is 235 g/mol. The van der Waals surface area contributed by atoms with Gasteiger partial charge in [-0.25, -0.2) is 4.79 Å². The molecule has 2 atom stereocenters. The minimum absolute atomic E-state index is 0.223. The van der Waals surface area contributed by atoms with Crippen LogP contribution in [0.3, 0.4) is 0 Å². The van der Waals surface area contributed by atoms with Gasteiger partial charge in [0.1, 0.15) is 0 Å². The number of rotatable bonds is 7. The van der Waals surface area contributed by atoms with Crippen molar-refractivity contribution in [2.45, 2.75) is 31.1 Å². The molecule has 4 nitrogen and oxygen atoms in total. The summed E-state index contributed by atoms with van der Waals surface area (Å²) in [7, 11) is 1.27. The van der Waals surface area contributed by atoms with Crippen LogP contribution in [0.15, 0.2) is 0 Å². The minimum atomic E-state index is -1.43. The highest BCUT2D eigenvalue weighted by atomic mass is 32.2. The predicted octanol–water partition coefficient (Wildman–Crippen LogP) is 0.642. The number of methoxy groups -OCH3 is 1. The molecule has 0 radical (unpaired) electrons. The Bertz CT molecular complexity index is 197. The van der Waals surface area contributed by atoms with Crippen molar-refractivity contribution in [3.63, 3.8) is 0 Å². The normalized spacial score (nSPS) is 16.9. The lowest BCUT2D eigenvalue weighted by Gasteiger charge is -2.20. The molecule has 90 valence electrons. The summed E-state index contributed by atoms with van der Waals surface area (Å²) in [5.74, 6) is -0.604. The van der Waals surface area contributed by atoms with Crippen molar-refractivity contribution >= 4 is 17.7 Å². The summed E-state index contributed by atoms with van der Waals surface area (Å²) in [6, 6.07) is 0. The fourth-order valence-electron chi connectivity index (χ4n) is 1.05. The Morgan fingerprint density at radius 2 is 2.27 bits per heavy atom. The molecule has 0 amide bonds. The molecule has 5 heteroatoms. The van der Waals surface area contributed by atoms with Crippen LogP contribution >= 0.6 is 11.8 Å². The summed E-state index contributed by atoms with van der Waals surface area (Å²) in [5, 5.41) is 13.3. The van der Waals surface area contributed by atoms with Crippen molar-refractivity contribution in [2.24, 2.45) is 0 Å². The summed E-state index contributed by atoms with van der Waals surface area (Å²) in [5.41, 5.74) is -1.43. The van der Waals surface area contributed by atoms with E-state index in [-0.39, 0.29) is 6.54 Å². The molecule has 0 saturated heterocycles. The van der Waals surface area contributed by atoms with E-state index in [4.69, 9.17) is 0 Å². The van der Waals surface area contributed by atoms with Gasteiger partial charge in [-0.3, -0.25) is 0 Å². The lowest BCUT2D eigenvalue weighted by atomic mass is 10.1. The van der Waals surface area contributed by atoms with Gasteiger partial charge in [0.25, 0.3) is 0 Å². The highest BCUT2D eigenvalue weighted by molar-refractivity contribution is 7.99. The quantitative estimate of drug-likeness (QED) is 0.501. The molecule has 0 bridgehead atoms. The van der Waals surface area contributed by atoms with Crippen LogP contribution in [0.5, 0.6) is 0 Å². The molecule has 15 heavy (non-hydrogen) atoms. The zero-order valence-electron chi connectivity index (χ0n) is 9.87. The highest BCUT2D eigenvalue weighted by Gasteiger charge is 2.30. The number of esters is 1. The summed E-state index contributed by atoms with van der Waals surface area (Å²) < 4.78 is 4.48. The Kier molecular flexibility index (Phi) is 6.96. The highest BCUT2D eigenvalue weighted by Crippen LogP contribution is 2.08. The monoisotopic (exact) mass is 235 g/mol. The molecule has 0 aromatic heterocycles. The summed E-state index contributed by atoms with van der Waals surface area (Å²) in [6.45, 7) is 4.60. The number of hydrogen-bond donors (Lipinski definition) is 2. The fourth-order valence-corrected chi connectivity index (χ4v) is 1.40. The van der Waals surface area contributed by atoms with Gasteiger partial charge in [-0.2, -0.15) is 11.8 Å². The molecule has 0 aromatic carbocycles. The Hall–Kier alpha value is -0.260. The lowest BCUT2D eigenvalue weighted by Crippen LogP contribution is -2.46. The van der Waals surface area contributed by atoms with Crippen LogP contribution in [0, 0.1) is 0 Å². The Morgan fingerprint density at radius 3 is 2.73 bits per heavy atom. The molecule has 0 heterocycles. The molecule has 0 aliphatic heterocycles. The molecule has 0 aliphatic rings. The van der Waals surface area contributed by atoms with E-state index < -0.39 is 11.6 Å². The van der Waals surface area contributed by atoms with E-state index in [1.807, 2.05) is 0 Å². The van der Waals surface area contributed by atoms with Gasteiger partial charge in [0.15, 0.2) is 5.60 Å². The van der Waals surface area contributed by atoms with Crippen LogP contribution < -0.4 is 5.32 Å². The van der Waals surface area contributed by atoms with Crippen molar-refractivity contribution < 1.29 is 14.6 Å². The summed E-state index contributed by atoms with van der Waals surface area (Å²) in [6.07, 6.45) is 3.08. The second-order valence-electron chi connectivity index (χ2n) is 3.78. The second-order valence-corrected chi connectivity index (χ2v) is 5.05. The smallest absolute Gasteiger partial charge is 0.338 e. The van der Waals surface area contributed by atoms with E-state index in [2.05, 4.69) is 23.2 Å². The van der Waals surface area contributed by atoms with Gasteiger partial charge in [0.2, 0.25) is 0 Å². The Balaban J connectivity index is 3.71. The molecular formula is C10H21NO3S. The van der Waals surface area contributed by atoms with Crippen LogP contribution in [0.2, 0.25) is 0 Å². The maximum absolute atomic E-state index is 11.1. The van der Waals surface area contributed by atoms with Crippen LogP contribution in [0.25, 0.3) is 0 Å². The molecule has 0 fully saturated rings. The number of hydrogen-bond acceptors (Lipinski definition) is 5. The van der Waals surface area contributed by atoms with Crippen LogP contribution in [-0.4, -0.2) is 48.4 Å². The zero-order chi connectivity index (χ0) is 11.9. The number of nitrogens with one attached hydrogen (secondary N) is 1. The Labute approximate surface area is 95.8 Å². The topological polar surface area (TPSA) is 58.6 Å². The predicted molar refractivity (Wildman–Crippen MR) is 63.1 cm³/mol. The van der Waals surface area contributed by atoms with Gasteiger partial charge >= 0.3 is 5.97 Å². The van der Waals surface area contributed by atoms with Gasteiger partial charge in [0.05, 0.1) is 7.11 Å². The molecule has 0 spiro atoms. The molecular weight excluding hydrogens is 214 g/mol. The second kappa shape index (κ2) is 7.09. The number of aliphatic hydroxyl groups is 1. The molecule has 0 aliphatic carbocycles. The van der Waals surface area contributed by atoms with Gasteiger partial charge in [-0.05, 0) is 26.1 Å². The lowest BCUT2D eigenvalue weighted by molar-refractivity contribution is -0.159. The van der Waals surface area contributed by atoms with Crippen LogP contribution in [0.1, 0.15) is 20.3 Å². The van der Waals surface area contributed by atoms with E-state index in [9.17, 15) is 9.90 Å². The molecule has 0 saturated carbocycles. The zero-order valence-corrected chi connectivity index (χ0v) is 10.7. The Morgan fingerprint density at radius 1 is 1.67 bits per heavy atom. The average Bonchev–Trinajstić information content (AvgIpc) is 2.22. The van der Waals surface area contributed by atoms with E-state index in [1.165, 1.54) is 14.0 Å². The van der Waals surface area contributed by atoms with E-state index in [0.29, 0.717) is 5.25 Å². The maximum atomic E-state index is 11.1. The number of carbonyl (C=O) groups excluding carboxylic acids is 1. The first-order valence-electron chi connectivity index (χ1n) is 4.98. The standard InChI is InChI=1S/C10H21NO3S/c1-8(15-4)5-6-11-7-10(2,13)9(12)14-3/h8,11,13H,5-7H2,1-4H3. The van der Waals surface area contributed by atoms with Gasteiger partial charge in [-0.15, -0.1) is 0 Å². The third kappa shape index (κ3) is 6.02. The number of carbonyl (C=O) groups is 1. The first kappa shape index (κ1) is 14.7. The first-order valence-corrected chi connectivity index (χ1v) is 6.27. The van der Waals surface area contributed by atoms with E-state index in [1.54, 1.807) is 11.8 Å². The van der Waals surface area contributed by atoms with Gasteiger partial charge in [-0.1, -0.05) is 6.92 Å². The summed E-state index contributed by atoms with van der Waals surface area (Å²) >= 11 is 1.80.